The number of hydrogen-bond donors (Lipinski definition) is 0. The van der Waals surface area contributed by atoms with Gasteiger partial charge in [-0.15, -0.1) is 0 Å². The standard InChI is InChI=1S/C25H29N3O2S/c1-19-17-20(2)24-22(18-19)26-25(31-24)28(12-6-11-27-13-15-30-16-14-27)23(29)10-9-21-7-4-3-5-8-21/h3-5,7-10,17-18H,6,11-16H2,1-2H3/b10-9+. The van der Waals surface area contributed by atoms with E-state index in [1.807, 2.05) is 41.3 Å². The molecule has 0 saturated carbocycles. The van der Waals surface area contributed by atoms with Gasteiger partial charge in [-0.25, -0.2) is 4.98 Å². The number of aromatic nitrogens is 1. The molecule has 3 aromatic rings. The van der Waals surface area contributed by atoms with Crippen LogP contribution < -0.4 is 4.90 Å². The molecule has 1 amide bonds. The zero-order valence-electron chi connectivity index (χ0n) is 18.2. The van der Waals surface area contributed by atoms with Gasteiger partial charge in [-0.2, -0.15) is 0 Å². The van der Waals surface area contributed by atoms with Crippen LogP contribution in [0.5, 0.6) is 0 Å². The highest BCUT2D eigenvalue weighted by Crippen LogP contribution is 2.32. The largest absolute Gasteiger partial charge is 0.379 e. The SMILES string of the molecule is Cc1cc(C)c2sc(N(CCCN3CCOCC3)C(=O)/C=C/c3ccccc3)nc2c1. The van der Waals surface area contributed by atoms with Crippen molar-refractivity contribution in [3.05, 3.63) is 65.2 Å². The Morgan fingerprint density at radius 3 is 2.74 bits per heavy atom. The molecule has 0 bridgehead atoms. The van der Waals surface area contributed by atoms with Gasteiger partial charge in [-0.3, -0.25) is 14.6 Å². The summed E-state index contributed by atoms with van der Waals surface area (Å²) in [4.78, 5) is 22.3. The van der Waals surface area contributed by atoms with Crippen LogP contribution in [-0.4, -0.2) is 55.2 Å². The monoisotopic (exact) mass is 435 g/mol. The van der Waals surface area contributed by atoms with Gasteiger partial charge in [0.2, 0.25) is 0 Å². The van der Waals surface area contributed by atoms with E-state index in [0.717, 1.165) is 60.2 Å². The molecule has 0 unspecified atom stereocenters. The molecule has 4 rings (SSSR count). The fourth-order valence-electron chi connectivity index (χ4n) is 3.88. The normalized spacial score (nSPS) is 15.0. The van der Waals surface area contributed by atoms with Crippen molar-refractivity contribution in [2.24, 2.45) is 0 Å². The Morgan fingerprint density at radius 1 is 1.19 bits per heavy atom. The molecule has 5 nitrogen and oxygen atoms in total. The van der Waals surface area contributed by atoms with Gasteiger partial charge < -0.3 is 4.74 Å². The van der Waals surface area contributed by atoms with Crippen LogP contribution in [0.3, 0.4) is 0 Å². The number of fused-ring (bicyclic) bond motifs is 1. The second kappa shape index (κ2) is 10.2. The van der Waals surface area contributed by atoms with Crippen LogP contribution in [0.1, 0.15) is 23.1 Å². The lowest BCUT2D eigenvalue weighted by atomic mass is 10.1. The van der Waals surface area contributed by atoms with Crippen LogP contribution in [-0.2, 0) is 9.53 Å². The van der Waals surface area contributed by atoms with E-state index in [9.17, 15) is 4.79 Å². The second-order valence-corrected chi connectivity index (χ2v) is 8.95. The summed E-state index contributed by atoms with van der Waals surface area (Å²) in [5.41, 5.74) is 4.38. The topological polar surface area (TPSA) is 45.7 Å². The van der Waals surface area contributed by atoms with Gasteiger partial charge in [0.25, 0.3) is 5.91 Å². The second-order valence-electron chi connectivity index (χ2n) is 7.97. The first-order valence-corrected chi connectivity index (χ1v) is 11.6. The highest BCUT2D eigenvalue weighted by Gasteiger charge is 2.19. The zero-order valence-corrected chi connectivity index (χ0v) is 19.0. The minimum Gasteiger partial charge on any atom is -0.379 e. The molecule has 1 aliphatic heterocycles. The van der Waals surface area contributed by atoms with Crippen molar-refractivity contribution < 1.29 is 9.53 Å². The molecule has 2 aromatic carbocycles. The van der Waals surface area contributed by atoms with E-state index in [2.05, 4.69) is 30.9 Å². The maximum atomic E-state index is 13.2. The maximum Gasteiger partial charge on any atom is 0.252 e. The number of nitrogens with zero attached hydrogens (tertiary/aromatic N) is 3. The number of rotatable bonds is 7. The number of thiazole rings is 1. The van der Waals surface area contributed by atoms with E-state index in [0.29, 0.717) is 6.54 Å². The first kappa shape index (κ1) is 21.7. The summed E-state index contributed by atoms with van der Waals surface area (Å²) in [5.74, 6) is -0.0285. The van der Waals surface area contributed by atoms with Crippen molar-refractivity contribution in [3.63, 3.8) is 0 Å². The Kier molecular flexibility index (Phi) is 7.12. The van der Waals surface area contributed by atoms with Crippen LogP contribution in [0.25, 0.3) is 16.3 Å². The fourth-order valence-corrected chi connectivity index (χ4v) is 4.93. The number of morpholine rings is 1. The summed E-state index contributed by atoms with van der Waals surface area (Å²) in [6.45, 7) is 9.29. The molecule has 0 radical (unpaired) electrons. The van der Waals surface area contributed by atoms with E-state index in [4.69, 9.17) is 9.72 Å². The first-order chi connectivity index (χ1) is 15.1. The molecule has 0 aliphatic carbocycles. The molecular weight excluding hydrogens is 406 g/mol. The van der Waals surface area contributed by atoms with E-state index in [1.54, 1.807) is 17.4 Å². The lowest BCUT2D eigenvalue weighted by Crippen LogP contribution is -2.39. The van der Waals surface area contributed by atoms with E-state index in [1.165, 1.54) is 11.1 Å². The molecular formula is C25H29N3O2S. The molecule has 2 heterocycles. The molecule has 0 N–H and O–H groups in total. The highest BCUT2D eigenvalue weighted by molar-refractivity contribution is 7.22. The van der Waals surface area contributed by atoms with E-state index < -0.39 is 0 Å². The Hall–Kier alpha value is -2.54. The molecule has 1 aromatic heterocycles. The number of amides is 1. The Labute approximate surface area is 188 Å². The first-order valence-electron chi connectivity index (χ1n) is 10.8. The third-order valence-corrected chi connectivity index (χ3v) is 6.71. The van der Waals surface area contributed by atoms with Gasteiger partial charge >= 0.3 is 0 Å². The average molecular weight is 436 g/mol. The molecule has 1 saturated heterocycles. The predicted molar refractivity (Wildman–Crippen MR) is 129 cm³/mol. The van der Waals surface area contributed by atoms with E-state index in [-0.39, 0.29) is 5.91 Å². The van der Waals surface area contributed by atoms with Crippen LogP contribution in [0.4, 0.5) is 5.13 Å². The van der Waals surface area contributed by atoms with Gasteiger partial charge in [0.05, 0.1) is 23.4 Å². The number of benzene rings is 2. The number of hydrogen-bond acceptors (Lipinski definition) is 5. The van der Waals surface area contributed by atoms with Crippen molar-refractivity contribution >= 4 is 38.7 Å². The average Bonchev–Trinajstić information content (AvgIpc) is 3.20. The quantitative estimate of drug-likeness (QED) is 0.506. The molecule has 0 spiro atoms. The number of carbonyl (C=O) groups is 1. The molecule has 1 aliphatic rings. The molecule has 6 heteroatoms. The van der Waals surface area contributed by atoms with Crippen LogP contribution in [0.15, 0.2) is 48.5 Å². The maximum absolute atomic E-state index is 13.2. The predicted octanol–water partition coefficient (Wildman–Crippen LogP) is 4.68. The number of aryl methyl sites for hydroxylation is 2. The van der Waals surface area contributed by atoms with Gasteiger partial charge in [-0.1, -0.05) is 47.7 Å². The van der Waals surface area contributed by atoms with Crippen molar-refractivity contribution in [2.45, 2.75) is 20.3 Å². The number of ether oxygens (including phenoxy) is 1. The van der Waals surface area contributed by atoms with Gasteiger partial charge in [0.15, 0.2) is 5.13 Å². The lowest BCUT2D eigenvalue weighted by Gasteiger charge is -2.27. The minimum absolute atomic E-state index is 0.0285. The van der Waals surface area contributed by atoms with Crippen molar-refractivity contribution in [1.82, 2.24) is 9.88 Å². The van der Waals surface area contributed by atoms with E-state index >= 15 is 0 Å². The van der Waals surface area contributed by atoms with Crippen molar-refractivity contribution in [2.75, 3.05) is 44.3 Å². The van der Waals surface area contributed by atoms with Crippen LogP contribution in [0.2, 0.25) is 0 Å². The van der Waals surface area contributed by atoms with Gasteiger partial charge in [-0.05, 0) is 49.1 Å². The van der Waals surface area contributed by atoms with Crippen LogP contribution >= 0.6 is 11.3 Å². The zero-order chi connectivity index (χ0) is 21.6. The lowest BCUT2D eigenvalue weighted by molar-refractivity contribution is -0.114. The van der Waals surface area contributed by atoms with Crippen molar-refractivity contribution in [3.8, 4) is 0 Å². The van der Waals surface area contributed by atoms with Gasteiger partial charge in [0.1, 0.15) is 0 Å². The summed E-state index contributed by atoms with van der Waals surface area (Å²) in [5, 5.41) is 0.772. The summed E-state index contributed by atoms with van der Waals surface area (Å²) in [6.07, 6.45) is 4.44. The summed E-state index contributed by atoms with van der Waals surface area (Å²) in [6, 6.07) is 14.2. The Morgan fingerprint density at radius 2 is 1.97 bits per heavy atom. The summed E-state index contributed by atoms with van der Waals surface area (Å²) >= 11 is 1.60. The van der Waals surface area contributed by atoms with Gasteiger partial charge in [0, 0.05) is 32.3 Å². The molecule has 162 valence electrons. The number of carbonyl (C=O) groups excluding carboxylic acids is 1. The number of anilines is 1. The molecule has 31 heavy (non-hydrogen) atoms. The fraction of sp³-hybridized carbons (Fsp3) is 0.360. The molecule has 0 atom stereocenters. The van der Waals surface area contributed by atoms with Crippen LogP contribution in [0, 0.1) is 13.8 Å². The Bertz CT molecular complexity index is 1060. The summed E-state index contributed by atoms with van der Waals surface area (Å²) in [7, 11) is 0. The summed E-state index contributed by atoms with van der Waals surface area (Å²) < 4.78 is 6.59. The third kappa shape index (κ3) is 5.58. The molecule has 1 fully saturated rings. The Balaban J connectivity index is 1.54. The third-order valence-electron chi connectivity index (χ3n) is 5.48. The highest BCUT2D eigenvalue weighted by atomic mass is 32.1. The minimum atomic E-state index is -0.0285. The smallest absolute Gasteiger partial charge is 0.252 e. The van der Waals surface area contributed by atoms with Crippen molar-refractivity contribution in [1.29, 1.82) is 0 Å².